The second-order valence-corrected chi connectivity index (χ2v) is 3.95. The first-order valence-electron chi connectivity index (χ1n) is 4.74. The zero-order chi connectivity index (χ0) is 11.3. The van der Waals surface area contributed by atoms with Crippen molar-refractivity contribution in [2.75, 3.05) is 26.8 Å². The molecule has 84 valence electrons. The molecule has 1 heterocycles. The van der Waals surface area contributed by atoms with Gasteiger partial charge < -0.3 is 14.7 Å². The highest BCUT2D eigenvalue weighted by Gasteiger charge is 2.35. The quantitative estimate of drug-likeness (QED) is 0.740. The van der Waals surface area contributed by atoms with E-state index in [9.17, 15) is 9.90 Å². The molecule has 1 amide bonds. The van der Waals surface area contributed by atoms with Crippen molar-refractivity contribution in [2.24, 2.45) is 0 Å². The lowest BCUT2D eigenvalue weighted by Crippen LogP contribution is -2.49. The van der Waals surface area contributed by atoms with Crippen LogP contribution in [0.3, 0.4) is 0 Å². The van der Waals surface area contributed by atoms with Gasteiger partial charge in [0.15, 0.2) is 0 Å². The van der Waals surface area contributed by atoms with Crippen molar-refractivity contribution in [3.63, 3.8) is 0 Å². The van der Waals surface area contributed by atoms with Crippen molar-refractivity contribution in [2.45, 2.75) is 18.4 Å². The molecule has 0 aromatic heterocycles. The van der Waals surface area contributed by atoms with Crippen molar-refractivity contribution >= 4 is 21.8 Å². The van der Waals surface area contributed by atoms with Gasteiger partial charge in [-0.05, 0) is 17.7 Å². The van der Waals surface area contributed by atoms with E-state index in [1.807, 2.05) is 0 Å². The van der Waals surface area contributed by atoms with E-state index in [0.29, 0.717) is 25.9 Å². The number of hydrogen-bond donors (Lipinski definition) is 1. The Bertz CT molecular complexity index is 281. The van der Waals surface area contributed by atoms with Crippen LogP contribution in [0.2, 0.25) is 0 Å². The molecule has 1 saturated heterocycles. The van der Waals surface area contributed by atoms with Crippen molar-refractivity contribution in [1.29, 1.82) is 0 Å². The molecular formula is C10H14BrNO3. The molecule has 0 aromatic rings. The molecule has 0 bridgehead atoms. The van der Waals surface area contributed by atoms with E-state index in [0.717, 1.165) is 0 Å². The molecule has 1 aliphatic rings. The van der Waals surface area contributed by atoms with E-state index < -0.39 is 5.60 Å². The van der Waals surface area contributed by atoms with Crippen molar-refractivity contribution in [3.05, 3.63) is 0 Å². The number of hydrogen-bond acceptors (Lipinski definition) is 3. The van der Waals surface area contributed by atoms with Gasteiger partial charge in [-0.3, -0.25) is 4.79 Å². The number of piperidine rings is 1. The van der Waals surface area contributed by atoms with Crippen LogP contribution in [0.15, 0.2) is 0 Å². The topological polar surface area (TPSA) is 49.8 Å². The lowest BCUT2D eigenvalue weighted by molar-refractivity contribution is -0.133. The fourth-order valence-electron chi connectivity index (χ4n) is 1.66. The van der Waals surface area contributed by atoms with E-state index in [4.69, 9.17) is 4.74 Å². The molecule has 0 spiro atoms. The zero-order valence-electron chi connectivity index (χ0n) is 8.62. The summed E-state index contributed by atoms with van der Waals surface area (Å²) in [4.78, 5) is 15.5. The minimum atomic E-state index is -0.474. The van der Waals surface area contributed by atoms with Gasteiger partial charge in [0.25, 0.3) is 5.91 Å². The number of methoxy groups -OCH3 is 1. The van der Waals surface area contributed by atoms with E-state index in [2.05, 4.69) is 26.7 Å². The molecule has 0 aliphatic carbocycles. The smallest absolute Gasteiger partial charge is 0.299 e. The van der Waals surface area contributed by atoms with Crippen LogP contribution in [0.4, 0.5) is 0 Å². The molecule has 15 heavy (non-hydrogen) atoms. The number of likely N-dealkylation sites (tertiary alicyclic amines) is 1. The molecule has 0 radical (unpaired) electrons. The van der Waals surface area contributed by atoms with E-state index in [-0.39, 0.29) is 12.5 Å². The Hall–Kier alpha value is -0.570. The number of aliphatic hydroxyl groups is 1. The van der Waals surface area contributed by atoms with Crippen LogP contribution in [0.25, 0.3) is 0 Å². The minimum absolute atomic E-state index is 0.00431. The minimum Gasteiger partial charge on any atom is -0.393 e. The first-order chi connectivity index (χ1) is 7.17. The van der Waals surface area contributed by atoms with Gasteiger partial charge in [-0.25, -0.2) is 0 Å². The summed E-state index contributed by atoms with van der Waals surface area (Å²) in [6.07, 6.45) is 1.30. The van der Waals surface area contributed by atoms with Crippen molar-refractivity contribution in [3.8, 4) is 10.8 Å². The highest BCUT2D eigenvalue weighted by Crippen LogP contribution is 2.24. The van der Waals surface area contributed by atoms with Gasteiger partial charge in [0, 0.05) is 42.0 Å². The molecule has 0 unspecified atom stereocenters. The van der Waals surface area contributed by atoms with Crippen LogP contribution in [0.1, 0.15) is 12.8 Å². The number of halogens is 1. The summed E-state index contributed by atoms with van der Waals surface area (Å²) in [6, 6.07) is 0. The number of carbonyl (C=O) groups is 1. The predicted octanol–water partition coefficient (Wildman–Crippen LogP) is 0.342. The Labute approximate surface area is 97.7 Å². The number of carbonyl (C=O) groups excluding carboxylic acids is 1. The average Bonchev–Trinajstić information content (AvgIpc) is 2.29. The summed E-state index contributed by atoms with van der Waals surface area (Å²) in [5.41, 5.74) is -0.474. The predicted molar refractivity (Wildman–Crippen MR) is 59.3 cm³/mol. The lowest BCUT2D eigenvalue weighted by Gasteiger charge is -2.38. The zero-order valence-corrected chi connectivity index (χ0v) is 10.2. The highest BCUT2D eigenvalue weighted by molar-refractivity contribution is 9.12. The highest BCUT2D eigenvalue weighted by atomic mass is 79.9. The Kier molecular flexibility index (Phi) is 4.58. The van der Waals surface area contributed by atoms with Crippen LogP contribution in [0, 0.1) is 10.8 Å². The normalized spacial score (nSPS) is 19.3. The van der Waals surface area contributed by atoms with Crippen molar-refractivity contribution < 1.29 is 14.6 Å². The third kappa shape index (κ3) is 2.94. The summed E-state index contributed by atoms with van der Waals surface area (Å²) in [5.74, 6) is 2.24. The molecule has 0 saturated carbocycles. The molecule has 4 nitrogen and oxygen atoms in total. The maximum absolute atomic E-state index is 11.4. The first kappa shape index (κ1) is 12.5. The van der Waals surface area contributed by atoms with E-state index >= 15 is 0 Å². The third-order valence-corrected chi connectivity index (χ3v) is 3.04. The number of aliphatic hydroxyl groups excluding tert-OH is 1. The largest absolute Gasteiger partial charge is 0.393 e. The van der Waals surface area contributed by atoms with Crippen molar-refractivity contribution in [1.82, 2.24) is 4.90 Å². The van der Waals surface area contributed by atoms with Gasteiger partial charge in [0.2, 0.25) is 0 Å². The maximum atomic E-state index is 11.4. The second kappa shape index (κ2) is 5.50. The van der Waals surface area contributed by atoms with Gasteiger partial charge >= 0.3 is 0 Å². The molecule has 1 fully saturated rings. The SMILES string of the molecule is COC1(CO)CCN(C(=O)C#CBr)CC1. The number of rotatable bonds is 2. The van der Waals surface area contributed by atoms with Crippen LogP contribution in [-0.4, -0.2) is 48.3 Å². The summed E-state index contributed by atoms with van der Waals surface area (Å²) in [7, 11) is 1.59. The van der Waals surface area contributed by atoms with Gasteiger partial charge in [0.05, 0.1) is 12.2 Å². The molecule has 0 atom stereocenters. The molecule has 0 aromatic carbocycles. The van der Waals surface area contributed by atoms with Crippen LogP contribution >= 0.6 is 15.9 Å². The Morgan fingerprint density at radius 1 is 1.60 bits per heavy atom. The standard InChI is InChI=1S/C10H14BrNO3/c1-15-10(8-13)3-6-12(7-4-10)9(14)2-5-11/h13H,3-4,6-8H2,1H3. The number of ether oxygens (including phenoxy) is 1. The fourth-order valence-corrected chi connectivity index (χ4v) is 1.83. The monoisotopic (exact) mass is 275 g/mol. The summed E-state index contributed by atoms with van der Waals surface area (Å²) < 4.78 is 5.28. The van der Waals surface area contributed by atoms with E-state index in [1.165, 1.54) is 0 Å². The number of nitrogens with zero attached hydrogens (tertiary/aromatic N) is 1. The van der Waals surface area contributed by atoms with Crippen LogP contribution < -0.4 is 0 Å². The van der Waals surface area contributed by atoms with Gasteiger partial charge in [-0.15, -0.1) is 0 Å². The molecule has 1 aliphatic heterocycles. The molecule has 5 heteroatoms. The summed E-state index contributed by atoms with van der Waals surface area (Å²) >= 11 is 2.89. The van der Waals surface area contributed by atoms with E-state index in [1.54, 1.807) is 12.0 Å². The van der Waals surface area contributed by atoms with Gasteiger partial charge in [-0.2, -0.15) is 0 Å². The molecule has 1 N–H and O–H groups in total. The average molecular weight is 276 g/mol. The van der Waals surface area contributed by atoms with Crippen LogP contribution in [-0.2, 0) is 9.53 Å². The summed E-state index contributed by atoms with van der Waals surface area (Å²) in [5, 5.41) is 9.21. The lowest BCUT2D eigenvalue weighted by atomic mass is 9.92. The Morgan fingerprint density at radius 2 is 2.20 bits per heavy atom. The van der Waals surface area contributed by atoms with Crippen LogP contribution in [0.5, 0.6) is 0 Å². The Balaban J connectivity index is 2.54. The maximum Gasteiger partial charge on any atom is 0.299 e. The fraction of sp³-hybridized carbons (Fsp3) is 0.700. The molecule has 1 rings (SSSR count). The van der Waals surface area contributed by atoms with Gasteiger partial charge in [0.1, 0.15) is 0 Å². The van der Waals surface area contributed by atoms with Gasteiger partial charge in [-0.1, -0.05) is 0 Å². The summed E-state index contributed by atoms with van der Waals surface area (Å²) in [6.45, 7) is 1.15. The number of amides is 1. The first-order valence-corrected chi connectivity index (χ1v) is 5.53. The Morgan fingerprint density at radius 3 is 2.60 bits per heavy atom. The molecular weight excluding hydrogens is 262 g/mol. The second-order valence-electron chi connectivity index (χ2n) is 3.56. The third-order valence-electron chi connectivity index (χ3n) is 2.84.